The summed E-state index contributed by atoms with van der Waals surface area (Å²) in [7, 11) is 3.57. The van der Waals surface area contributed by atoms with Gasteiger partial charge in [0.25, 0.3) is 0 Å². The lowest BCUT2D eigenvalue weighted by Gasteiger charge is -2.35. The van der Waals surface area contributed by atoms with Gasteiger partial charge in [0, 0.05) is 55.9 Å². The molecule has 1 aromatic heterocycles. The number of fused-ring (bicyclic) bond motifs is 1. The number of benzene rings is 1. The number of urea groups is 1. The lowest BCUT2D eigenvalue weighted by molar-refractivity contribution is -0.139. The van der Waals surface area contributed by atoms with Crippen molar-refractivity contribution in [3.63, 3.8) is 0 Å². The summed E-state index contributed by atoms with van der Waals surface area (Å²) >= 11 is 6.37. The third-order valence-corrected chi connectivity index (χ3v) is 9.14. The highest BCUT2D eigenvalue weighted by molar-refractivity contribution is 6.31. The molecular weight excluding hydrogens is 516 g/mol. The van der Waals surface area contributed by atoms with Crippen molar-refractivity contribution in [2.24, 2.45) is 5.92 Å². The summed E-state index contributed by atoms with van der Waals surface area (Å²) in [6, 6.07) is 4.92. The fourth-order valence-corrected chi connectivity index (χ4v) is 6.64. The summed E-state index contributed by atoms with van der Waals surface area (Å²) in [5.74, 6) is 0.0762. The third-order valence-electron chi connectivity index (χ3n) is 8.91. The summed E-state index contributed by atoms with van der Waals surface area (Å²) in [4.78, 5) is 45.3. The van der Waals surface area contributed by atoms with Crippen LogP contribution in [0.2, 0.25) is 5.02 Å². The molecule has 3 aliphatic rings. The molecule has 0 bridgehead atoms. The van der Waals surface area contributed by atoms with Crippen molar-refractivity contribution >= 4 is 46.0 Å². The minimum atomic E-state index is -0.497. The predicted octanol–water partition coefficient (Wildman–Crippen LogP) is 3.83. The van der Waals surface area contributed by atoms with E-state index in [2.05, 4.69) is 15.2 Å². The van der Waals surface area contributed by atoms with Crippen LogP contribution in [0.3, 0.4) is 0 Å². The van der Waals surface area contributed by atoms with Crippen LogP contribution >= 0.6 is 11.6 Å². The zero-order valence-electron chi connectivity index (χ0n) is 23.3. The van der Waals surface area contributed by atoms with Crippen LogP contribution in [0.25, 0.3) is 10.9 Å². The molecule has 1 saturated carbocycles. The average molecular weight is 557 g/mol. The first-order valence-corrected chi connectivity index (χ1v) is 14.8. The van der Waals surface area contributed by atoms with E-state index in [1.807, 2.05) is 48.2 Å². The summed E-state index contributed by atoms with van der Waals surface area (Å²) in [6.07, 6.45) is 9.18. The molecule has 3 atom stereocenters. The first kappa shape index (κ1) is 27.8. The molecule has 2 N–H and O–H groups in total. The topological polar surface area (TPSA) is 89.9 Å². The van der Waals surface area contributed by atoms with Crippen LogP contribution < -0.4 is 15.5 Å². The van der Waals surface area contributed by atoms with Gasteiger partial charge in [-0.05, 0) is 63.8 Å². The maximum atomic E-state index is 14.1. The molecule has 2 aliphatic heterocycles. The fraction of sp³-hybridized carbons (Fsp3) is 0.621. The number of hydrogen-bond donors (Lipinski definition) is 2. The summed E-state index contributed by atoms with van der Waals surface area (Å²) in [5.41, 5.74) is 1.85. The summed E-state index contributed by atoms with van der Waals surface area (Å²) in [5, 5.41) is 7.68. The van der Waals surface area contributed by atoms with E-state index >= 15 is 0 Å². The van der Waals surface area contributed by atoms with Gasteiger partial charge in [0.2, 0.25) is 11.8 Å². The molecule has 212 valence electrons. The standard InChI is InChI=1S/C29H41ClN6O3/c1-19(31-2)27(37)32-26(20-8-5-4-6-9-20)28(38)35-13-7-10-22(35)17-34-18-25(36-15-14-33(3)29(36)39)23-16-21(30)11-12-24(23)34/h11-12,16,18-20,22,26,31H,4-10,13-15,17H2,1-3H3,(H,32,37)/t19-,22-,26-/m0/s1. The van der Waals surface area contributed by atoms with Crippen LogP contribution in [0, 0.1) is 5.92 Å². The van der Waals surface area contributed by atoms with E-state index in [4.69, 9.17) is 11.6 Å². The molecule has 3 fully saturated rings. The molecular formula is C29H41ClN6O3. The number of likely N-dealkylation sites (tertiary alicyclic amines) is 1. The van der Waals surface area contributed by atoms with Crippen molar-refractivity contribution in [2.75, 3.05) is 38.6 Å². The lowest BCUT2D eigenvalue weighted by atomic mass is 9.83. The summed E-state index contributed by atoms with van der Waals surface area (Å²) in [6.45, 7) is 4.44. The number of carbonyl (C=O) groups excluding carboxylic acids is 3. The lowest BCUT2D eigenvalue weighted by Crippen LogP contribution is -2.56. The molecule has 5 rings (SSSR count). The highest BCUT2D eigenvalue weighted by Crippen LogP contribution is 2.35. The van der Waals surface area contributed by atoms with Crippen LogP contribution in [0.5, 0.6) is 0 Å². The van der Waals surface area contributed by atoms with Gasteiger partial charge >= 0.3 is 6.03 Å². The van der Waals surface area contributed by atoms with Crippen molar-refractivity contribution in [1.82, 2.24) is 25.0 Å². The molecule has 0 unspecified atom stereocenters. The van der Waals surface area contributed by atoms with Gasteiger partial charge in [-0.1, -0.05) is 30.9 Å². The van der Waals surface area contributed by atoms with Gasteiger partial charge in [0.15, 0.2) is 0 Å². The molecule has 3 heterocycles. The molecule has 1 aliphatic carbocycles. The Morgan fingerprint density at radius 2 is 1.85 bits per heavy atom. The van der Waals surface area contributed by atoms with Crippen LogP contribution in [-0.4, -0.2) is 84.1 Å². The van der Waals surface area contributed by atoms with Gasteiger partial charge < -0.3 is 25.0 Å². The Morgan fingerprint density at radius 3 is 2.54 bits per heavy atom. The normalized spacial score (nSPS) is 22.1. The molecule has 10 heteroatoms. The Kier molecular flexibility index (Phi) is 8.38. The molecule has 1 aromatic carbocycles. The molecule has 2 saturated heterocycles. The molecule has 39 heavy (non-hydrogen) atoms. The van der Waals surface area contributed by atoms with E-state index in [0.29, 0.717) is 31.2 Å². The SMILES string of the molecule is CN[C@@H](C)C(=O)N[C@H](C(=O)N1CCC[C@H]1Cn1cc(N2CCN(C)C2=O)c2cc(Cl)ccc21)C1CCCCC1. The van der Waals surface area contributed by atoms with E-state index in [-0.39, 0.29) is 35.8 Å². The first-order chi connectivity index (χ1) is 18.8. The Bertz CT molecular complexity index is 1230. The van der Waals surface area contributed by atoms with E-state index in [0.717, 1.165) is 55.1 Å². The first-order valence-electron chi connectivity index (χ1n) is 14.4. The van der Waals surface area contributed by atoms with Crippen molar-refractivity contribution in [3.8, 4) is 0 Å². The minimum Gasteiger partial charge on any atom is -0.343 e. The van der Waals surface area contributed by atoms with Gasteiger partial charge in [-0.3, -0.25) is 14.5 Å². The van der Waals surface area contributed by atoms with Gasteiger partial charge in [-0.15, -0.1) is 0 Å². The van der Waals surface area contributed by atoms with E-state index in [1.54, 1.807) is 11.9 Å². The largest absolute Gasteiger partial charge is 0.343 e. The van der Waals surface area contributed by atoms with Crippen LogP contribution in [-0.2, 0) is 16.1 Å². The van der Waals surface area contributed by atoms with Crippen LogP contribution in [0.15, 0.2) is 24.4 Å². The second-order valence-electron chi connectivity index (χ2n) is 11.4. The fourth-order valence-electron chi connectivity index (χ4n) is 6.47. The number of hydrogen-bond acceptors (Lipinski definition) is 4. The second kappa shape index (κ2) is 11.8. The van der Waals surface area contributed by atoms with Crippen LogP contribution in [0.1, 0.15) is 51.9 Å². The maximum absolute atomic E-state index is 14.1. The number of anilines is 1. The molecule has 9 nitrogen and oxygen atoms in total. The average Bonchev–Trinajstić information content (AvgIpc) is 3.64. The van der Waals surface area contributed by atoms with Gasteiger partial charge in [-0.25, -0.2) is 4.79 Å². The number of nitrogens with one attached hydrogen (secondary N) is 2. The number of nitrogens with zero attached hydrogens (tertiary/aromatic N) is 4. The second-order valence-corrected chi connectivity index (χ2v) is 11.8. The van der Waals surface area contributed by atoms with Crippen molar-refractivity contribution < 1.29 is 14.4 Å². The number of rotatable bonds is 8. The molecule has 4 amide bonds. The van der Waals surface area contributed by atoms with E-state index in [9.17, 15) is 14.4 Å². The number of likely N-dealkylation sites (N-methyl/N-ethyl adjacent to an activating group) is 2. The van der Waals surface area contributed by atoms with Gasteiger partial charge in [0.05, 0.1) is 17.2 Å². The predicted molar refractivity (Wildman–Crippen MR) is 154 cm³/mol. The third kappa shape index (κ3) is 5.61. The number of amides is 4. The minimum absolute atomic E-state index is 0.0123. The van der Waals surface area contributed by atoms with Crippen molar-refractivity contribution in [2.45, 2.75) is 76.5 Å². The Labute approximate surface area is 235 Å². The quantitative estimate of drug-likeness (QED) is 0.517. The molecule has 0 spiro atoms. The highest BCUT2D eigenvalue weighted by atomic mass is 35.5. The Hall–Kier alpha value is -2.78. The Morgan fingerprint density at radius 1 is 1.08 bits per heavy atom. The van der Waals surface area contributed by atoms with Gasteiger partial charge in [-0.2, -0.15) is 0 Å². The smallest absolute Gasteiger partial charge is 0.324 e. The van der Waals surface area contributed by atoms with Gasteiger partial charge in [0.1, 0.15) is 6.04 Å². The summed E-state index contributed by atoms with van der Waals surface area (Å²) < 4.78 is 2.17. The molecule has 2 aromatic rings. The molecule has 0 radical (unpaired) electrons. The number of aromatic nitrogens is 1. The zero-order chi connectivity index (χ0) is 27.7. The van der Waals surface area contributed by atoms with Crippen LogP contribution in [0.4, 0.5) is 10.5 Å². The Balaban J connectivity index is 1.41. The van der Waals surface area contributed by atoms with E-state index < -0.39 is 6.04 Å². The van der Waals surface area contributed by atoms with Crippen molar-refractivity contribution in [1.29, 1.82) is 0 Å². The highest BCUT2D eigenvalue weighted by Gasteiger charge is 2.39. The number of halogens is 1. The monoisotopic (exact) mass is 556 g/mol. The van der Waals surface area contributed by atoms with Crippen molar-refractivity contribution in [3.05, 3.63) is 29.4 Å². The zero-order valence-corrected chi connectivity index (χ0v) is 24.0. The van der Waals surface area contributed by atoms with E-state index in [1.165, 1.54) is 6.42 Å². The number of carbonyl (C=O) groups is 3. The maximum Gasteiger partial charge on any atom is 0.324 e.